The third kappa shape index (κ3) is 3.87. The van der Waals surface area contributed by atoms with Gasteiger partial charge in [-0.15, -0.1) is 0 Å². The fourth-order valence-electron chi connectivity index (χ4n) is 3.36. The van der Waals surface area contributed by atoms with Crippen molar-refractivity contribution in [2.45, 2.75) is 26.4 Å². The van der Waals surface area contributed by atoms with Gasteiger partial charge in [-0.25, -0.2) is 4.98 Å². The van der Waals surface area contributed by atoms with Crippen molar-refractivity contribution < 1.29 is 4.79 Å². The molecule has 6 heteroatoms. The molecular weight excluding hydrogens is 386 g/mol. The zero-order valence-corrected chi connectivity index (χ0v) is 16.8. The number of halogens is 1. The molecule has 2 aromatic heterocycles. The van der Waals surface area contributed by atoms with Crippen LogP contribution < -0.4 is 5.56 Å². The van der Waals surface area contributed by atoms with E-state index in [9.17, 15) is 9.59 Å². The van der Waals surface area contributed by atoms with Crippen LogP contribution in [0.4, 0.5) is 0 Å². The number of fused-ring (bicyclic) bond motifs is 1. The maximum Gasteiger partial charge on any atom is 0.262 e. The van der Waals surface area contributed by atoms with Gasteiger partial charge in [-0.2, -0.15) is 0 Å². The maximum atomic E-state index is 12.6. The van der Waals surface area contributed by atoms with Crippen molar-refractivity contribution in [1.82, 2.24) is 14.1 Å². The van der Waals surface area contributed by atoms with E-state index in [4.69, 9.17) is 11.6 Å². The van der Waals surface area contributed by atoms with E-state index in [1.807, 2.05) is 48.0 Å². The summed E-state index contributed by atoms with van der Waals surface area (Å²) in [6.45, 7) is 3.27. The Balaban J connectivity index is 1.56. The molecule has 29 heavy (non-hydrogen) atoms. The van der Waals surface area contributed by atoms with Gasteiger partial charge in [0.2, 0.25) is 0 Å². The average molecular weight is 406 g/mol. The van der Waals surface area contributed by atoms with Gasteiger partial charge in [0.25, 0.3) is 5.56 Å². The quantitative estimate of drug-likeness (QED) is 0.442. The summed E-state index contributed by atoms with van der Waals surface area (Å²) in [6.07, 6.45) is 4.37. The molecule has 4 rings (SSSR count). The summed E-state index contributed by atoms with van der Waals surface area (Å²) in [7, 11) is 0. The number of hydrogen-bond donors (Lipinski definition) is 0. The summed E-state index contributed by atoms with van der Waals surface area (Å²) in [6, 6.07) is 16.2. The largest absolute Gasteiger partial charge is 0.328 e. The molecule has 0 saturated heterocycles. The van der Waals surface area contributed by atoms with E-state index in [0.29, 0.717) is 40.3 Å². The molecule has 0 aliphatic carbocycles. The van der Waals surface area contributed by atoms with Gasteiger partial charge in [-0.1, -0.05) is 42.8 Å². The Morgan fingerprint density at radius 3 is 2.28 bits per heavy atom. The van der Waals surface area contributed by atoms with Gasteiger partial charge >= 0.3 is 0 Å². The smallest absolute Gasteiger partial charge is 0.262 e. The first-order valence-corrected chi connectivity index (χ1v) is 9.88. The first-order valence-electron chi connectivity index (χ1n) is 9.50. The van der Waals surface area contributed by atoms with Crippen molar-refractivity contribution in [3.05, 3.63) is 99.2 Å². The lowest BCUT2D eigenvalue weighted by Crippen LogP contribution is -2.20. The van der Waals surface area contributed by atoms with Crippen molar-refractivity contribution in [2.24, 2.45) is 0 Å². The fourth-order valence-corrected chi connectivity index (χ4v) is 3.49. The second-order valence-corrected chi connectivity index (χ2v) is 7.39. The number of aromatic nitrogens is 3. The second-order valence-electron chi connectivity index (χ2n) is 6.96. The van der Waals surface area contributed by atoms with E-state index in [2.05, 4.69) is 4.98 Å². The van der Waals surface area contributed by atoms with Crippen molar-refractivity contribution in [1.29, 1.82) is 0 Å². The minimum absolute atomic E-state index is 0.0143. The van der Waals surface area contributed by atoms with Crippen LogP contribution in [0.1, 0.15) is 34.8 Å². The van der Waals surface area contributed by atoms with Crippen molar-refractivity contribution in [3.63, 3.8) is 0 Å². The summed E-state index contributed by atoms with van der Waals surface area (Å²) >= 11 is 5.89. The highest BCUT2D eigenvalue weighted by molar-refractivity contribution is 6.30. The molecule has 0 bridgehead atoms. The lowest BCUT2D eigenvalue weighted by molar-refractivity contribution is 0.103. The highest BCUT2D eigenvalue weighted by Gasteiger charge is 2.11. The number of rotatable bonds is 6. The zero-order chi connectivity index (χ0) is 20.4. The lowest BCUT2D eigenvalue weighted by Gasteiger charge is -2.08. The first-order chi connectivity index (χ1) is 14.1. The van der Waals surface area contributed by atoms with E-state index in [0.717, 1.165) is 12.0 Å². The summed E-state index contributed by atoms with van der Waals surface area (Å²) < 4.78 is 3.59. The van der Waals surface area contributed by atoms with Gasteiger partial charge in [0.15, 0.2) is 5.78 Å². The van der Waals surface area contributed by atoms with Crippen molar-refractivity contribution in [3.8, 4) is 0 Å². The molecule has 0 amide bonds. The third-order valence-corrected chi connectivity index (χ3v) is 5.14. The summed E-state index contributed by atoms with van der Waals surface area (Å²) in [4.78, 5) is 29.6. The number of aryl methyl sites for hydroxylation is 1. The van der Waals surface area contributed by atoms with Gasteiger partial charge in [0, 0.05) is 35.4 Å². The predicted molar refractivity (Wildman–Crippen MR) is 115 cm³/mol. The number of ketones is 1. The molecule has 4 aromatic rings. The van der Waals surface area contributed by atoms with E-state index in [-0.39, 0.29) is 11.3 Å². The minimum Gasteiger partial charge on any atom is -0.328 e. The Kier molecular flexibility index (Phi) is 5.32. The van der Waals surface area contributed by atoms with Gasteiger partial charge in [0.1, 0.15) is 5.65 Å². The normalized spacial score (nSPS) is 11.1. The molecule has 0 aliphatic heterocycles. The van der Waals surface area contributed by atoms with Gasteiger partial charge in [-0.3, -0.25) is 14.2 Å². The average Bonchev–Trinajstić information content (AvgIpc) is 3.14. The molecular formula is C23H20ClN3O2. The van der Waals surface area contributed by atoms with Crippen LogP contribution in [-0.4, -0.2) is 19.9 Å². The van der Waals surface area contributed by atoms with E-state index >= 15 is 0 Å². The van der Waals surface area contributed by atoms with Crippen LogP contribution in [0.15, 0.2) is 71.9 Å². The fraction of sp³-hybridized carbons (Fsp3) is 0.174. The summed E-state index contributed by atoms with van der Waals surface area (Å²) in [5.74, 6) is -0.0437. The van der Waals surface area contributed by atoms with Crippen LogP contribution >= 0.6 is 11.6 Å². The Bertz CT molecular complexity index is 1220. The predicted octanol–water partition coefficient (Wildman–Crippen LogP) is 4.54. The summed E-state index contributed by atoms with van der Waals surface area (Å²) in [5, 5.41) is 1.22. The number of nitrogens with zero attached hydrogens (tertiary/aromatic N) is 3. The third-order valence-electron chi connectivity index (χ3n) is 4.88. The van der Waals surface area contributed by atoms with E-state index in [1.54, 1.807) is 35.2 Å². The van der Waals surface area contributed by atoms with E-state index < -0.39 is 0 Å². The Labute approximate surface area is 173 Å². The minimum atomic E-state index is -0.0437. The Hall–Kier alpha value is -3.18. The Morgan fingerprint density at radius 1 is 0.966 bits per heavy atom. The standard InChI is InChI=1S/C23H20ClN3O2/c1-2-12-27-15-25-22-20(23(27)29)11-13-26(22)14-16-3-5-17(6-4-16)21(28)18-7-9-19(24)10-8-18/h3-11,13,15H,2,12,14H2,1H3. The van der Waals surface area contributed by atoms with Crippen LogP contribution in [0.3, 0.4) is 0 Å². The Morgan fingerprint density at radius 2 is 1.62 bits per heavy atom. The molecule has 0 N–H and O–H groups in total. The summed E-state index contributed by atoms with van der Waals surface area (Å²) in [5.41, 5.74) is 2.90. The van der Waals surface area contributed by atoms with Crippen LogP contribution in [0.5, 0.6) is 0 Å². The molecule has 2 aromatic carbocycles. The first kappa shape index (κ1) is 19.2. The SMILES string of the molecule is CCCn1cnc2c(ccn2Cc2ccc(C(=O)c3ccc(Cl)cc3)cc2)c1=O. The maximum absolute atomic E-state index is 12.6. The molecule has 0 atom stereocenters. The molecule has 0 radical (unpaired) electrons. The number of carbonyl (C=O) groups is 1. The molecule has 5 nitrogen and oxygen atoms in total. The zero-order valence-electron chi connectivity index (χ0n) is 16.0. The van der Waals surface area contributed by atoms with Gasteiger partial charge in [-0.05, 0) is 42.3 Å². The topological polar surface area (TPSA) is 56.9 Å². The molecule has 0 unspecified atom stereocenters. The number of benzene rings is 2. The van der Waals surface area contributed by atoms with Gasteiger partial charge in [0.05, 0.1) is 11.7 Å². The van der Waals surface area contributed by atoms with Crippen LogP contribution in [0.25, 0.3) is 11.0 Å². The van der Waals surface area contributed by atoms with Crippen molar-refractivity contribution >= 4 is 28.4 Å². The van der Waals surface area contributed by atoms with Crippen LogP contribution in [0.2, 0.25) is 5.02 Å². The number of carbonyl (C=O) groups excluding carboxylic acids is 1. The van der Waals surface area contributed by atoms with Crippen LogP contribution in [0, 0.1) is 0 Å². The highest BCUT2D eigenvalue weighted by atomic mass is 35.5. The second kappa shape index (κ2) is 8.05. The van der Waals surface area contributed by atoms with E-state index in [1.165, 1.54) is 0 Å². The molecule has 0 saturated carbocycles. The molecule has 146 valence electrons. The lowest BCUT2D eigenvalue weighted by atomic mass is 10.0. The van der Waals surface area contributed by atoms with Crippen molar-refractivity contribution in [2.75, 3.05) is 0 Å². The molecule has 2 heterocycles. The molecule has 0 spiro atoms. The monoisotopic (exact) mass is 405 g/mol. The van der Waals surface area contributed by atoms with Gasteiger partial charge < -0.3 is 4.57 Å². The molecule has 0 fully saturated rings. The number of hydrogen-bond acceptors (Lipinski definition) is 3. The van der Waals surface area contributed by atoms with Crippen LogP contribution in [-0.2, 0) is 13.1 Å². The highest BCUT2D eigenvalue weighted by Crippen LogP contribution is 2.16. The molecule has 0 aliphatic rings.